The van der Waals surface area contributed by atoms with Gasteiger partial charge in [-0.3, -0.25) is 0 Å². The maximum absolute atomic E-state index is 12.5. The first-order valence-corrected chi connectivity index (χ1v) is 8.13. The fourth-order valence-electron chi connectivity index (χ4n) is 2.43. The van der Waals surface area contributed by atoms with Gasteiger partial charge >= 0.3 is 5.97 Å². The number of benzene rings is 3. The van der Waals surface area contributed by atoms with Gasteiger partial charge in [-0.05, 0) is 35.9 Å². The molecule has 5 nitrogen and oxygen atoms in total. The fraction of sp³-hybridized carbons (Fsp3) is 0.0455. The molecule has 0 aliphatic heterocycles. The lowest BCUT2D eigenvalue weighted by molar-refractivity contribution is 0.0470. The molecule has 0 N–H and O–H groups in total. The summed E-state index contributed by atoms with van der Waals surface area (Å²) in [5, 5.41) is 18.1. The van der Waals surface area contributed by atoms with Gasteiger partial charge in [0.05, 0.1) is 11.1 Å². The summed E-state index contributed by atoms with van der Waals surface area (Å²) >= 11 is 0. The second-order valence-electron chi connectivity index (χ2n) is 5.59. The minimum atomic E-state index is -0.511. The summed E-state index contributed by atoms with van der Waals surface area (Å²) in [6.45, 7) is 0.156. The number of hydrogen-bond donors (Lipinski definition) is 0. The summed E-state index contributed by atoms with van der Waals surface area (Å²) in [5.41, 5.74) is 1.63. The molecular weight excluding hydrogens is 340 g/mol. The Morgan fingerprint density at radius 2 is 1.56 bits per heavy atom. The number of para-hydroxylation sites is 1. The van der Waals surface area contributed by atoms with E-state index in [4.69, 9.17) is 20.0 Å². The van der Waals surface area contributed by atoms with Gasteiger partial charge in [0.2, 0.25) is 0 Å². The van der Waals surface area contributed by atoms with E-state index in [1.807, 2.05) is 42.5 Å². The number of carbonyl (C=O) groups is 1. The zero-order chi connectivity index (χ0) is 19.1. The van der Waals surface area contributed by atoms with Gasteiger partial charge in [-0.25, -0.2) is 4.79 Å². The highest BCUT2D eigenvalue weighted by Gasteiger charge is 2.15. The average molecular weight is 354 g/mol. The van der Waals surface area contributed by atoms with Crippen molar-refractivity contribution in [2.45, 2.75) is 6.61 Å². The van der Waals surface area contributed by atoms with Gasteiger partial charge in [0, 0.05) is 0 Å². The second kappa shape index (κ2) is 8.33. The lowest BCUT2D eigenvalue weighted by atomic mass is 10.1. The van der Waals surface area contributed by atoms with Crippen LogP contribution in [-0.2, 0) is 11.3 Å². The molecule has 0 fully saturated rings. The van der Waals surface area contributed by atoms with Crippen molar-refractivity contribution in [3.63, 3.8) is 0 Å². The standard InChI is InChI=1S/C22H14N2O3/c23-13-17-10-11-19(12-18(17)14-24)27-21-9-5-4-8-20(21)22(25)26-15-16-6-2-1-3-7-16/h1-12H,15H2. The Morgan fingerprint density at radius 1 is 0.852 bits per heavy atom. The zero-order valence-electron chi connectivity index (χ0n) is 14.3. The van der Waals surface area contributed by atoms with Crippen molar-refractivity contribution in [1.82, 2.24) is 0 Å². The predicted octanol–water partition coefficient (Wildman–Crippen LogP) is 4.58. The Labute approximate surface area is 156 Å². The maximum Gasteiger partial charge on any atom is 0.342 e. The van der Waals surface area contributed by atoms with E-state index in [0.717, 1.165) is 5.56 Å². The number of esters is 1. The van der Waals surface area contributed by atoms with Gasteiger partial charge in [-0.1, -0.05) is 42.5 Å². The van der Waals surface area contributed by atoms with Gasteiger partial charge in [-0.2, -0.15) is 10.5 Å². The van der Waals surface area contributed by atoms with Crippen LogP contribution in [0, 0.1) is 22.7 Å². The van der Waals surface area contributed by atoms with Crippen LogP contribution in [0.2, 0.25) is 0 Å². The molecule has 0 bridgehead atoms. The summed E-state index contributed by atoms with van der Waals surface area (Å²) in [6.07, 6.45) is 0. The molecule has 0 spiro atoms. The predicted molar refractivity (Wildman–Crippen MR) is 97.9 cm³/mol. The summed E-state index contributed by atoms with van der Waals surface area (Å²) in [6, 6.07) is 24.5. The van der Waals surface area contributed by atoms with Crippen LogP contribution < -0.4 is 4.74 Å². The first-order valence-electron chi connectivity index (χ1n) is 8.13. The van der Waals surface area contributed by atoms with E-state index in [9.17, 15) is 4.79 Å². The molecule has 3 aromatic carbocycles. The Bertz CT molecular complexity index is 1050. The van der Waals surface area contributed by atoms with Crippen molar-refractivity contribution in [2.75, 3.05) is 0 Å². The molecule has 130 valence electrons. The van der Waals surface area contributed by atoms with Crippen LogP contribution in [0.4, 0.5) is 0 Å². The maximum atomic E-state index is 12.5. The van der Waals surface area contributed by atoms with Gasteiger partial charge < -0.3 is 9.47 Å². The van der Waals surface area contributed by atoms with Crippen LogP contribution in [0.5, 0.6) is 11.5 Å². The van der Waals surface area contributed by atoms with E-state index in [1.54, 1.807) is 30.3 Å². The quantitative estimate of drug-likeness (QED) is 0.626. The minimum Gasteiger partial charge on any atom is -0.457 e. The molecule has 0 saturated heterocycles. The molecule has 3 rings (SSSR count). The van der Waals surface area contributed by atoms with Gasteiger partial charge in [0.15, 0.2) is 0 Å². The van der Waals surface area contributed by atoms with Crippen molar-refractivity contribution < 1.29 is 14.3 Å². The molecule has 0 saturated carbocycles. The van der Waals surface area contributed by atoms with Crippen LogP contribution >= 0.6 is 0 Å². The molecule has 0 aliphatic rings. The highest BCUT2D eigenvalue weighted by atomic mass is 16.5. The first-order chi connectivity index (χ1) is 13.2. The molecule has 5 heteroatoms. The number of carbonyl (C=O) groups excluding carboxylic acids is 1. The first kappa shape index (κ1) is 17.7. The van der Waals surface area contributed by atoms with E-state index in [2.05, 4.69) is 0 Å². The molecule has 0 atom stereocenters. The van der Waals surface area contributed by atoms with E-state index in [1.165, 1.54) is 12.1 Å². The van der Waals surface area contributed by atoms with E-state index in [-0.39, 0.29) is 23.3 Å². The van der Waals surface area contributed by atoms with Gasteiger partial charge in [0.25, 0.3) is 0 Å². The average Bonchev–Trinajstić information content (AvgIpc) is 2.73. The molecule has 0 amide bonds. The Hall–Kier alpha value is -4.09. The summed E-state index contributed by atoms with van der Waals surface area (Å²) in [4.78, 5) is 12.5. The molecule has 0 aromatic heterocycles. The topological polar surface area (TPSA) is 83.1 Å². The fourth-order valence-corrected chi connectivity index (χ4v) is 2.43. The number of hydrogen-bond acceptors (Lipinski definition) is 5. The highest BCUT2D eigenvalue weighted by molar-refractivity contribution is 5.92. The SMILES string of the molecule is N#Cc1ccc(Oc2ccccc2C(=O)OCc2ccccc2)cc1C#N. The number of nitrogens with zero attached hydrogens (tertiary/aromatic N) is 2. The molecule has 0 radical (unpaired) electrons. The number of ether oxygens (including phenoxy) is 2. The highest BCUT2D eigenvalue weighted by Crippen LogP contribution is 2.27. The van der Waals surface area contributed by atoms with Crippen molar-refractivity contribution in [3.05, 3.63) is 95.1 Å². The van der Waals surface area contributed by atoms with Gasteiger partial charge in [0.1, 0.15) is 35.8 Å². The van der Waals surface area contributed by atoms with Crippen LogP contribution in [0.1, 0.15) is 27.0 Å². The Kier molecular flexibility index (Phi) is 5.47. The van der Waals surface area contributed by atoms with Crippen molar-refractivity contribution in [1.29, 1.82) is 10.5 Å². The second-order valence-corrected chi connectivity index (χ2v) is 5.59. The summed E-state index contributed by atoms with van der Waals surface area (Å²) in [7, 11) is 0. The van der Waals surface area contributed by atoms with Crippen molar-refractivity contribution in [2.24, 2.45) is 0 Å². The number of nitriles is 2. The molecule has 27 heavy (non-hydrogen) atoms. The van der Waals surface area contributed by atoms with Gasteiger partial charge in [-0.15, -0.1) is 0 Å². The van der Waals surface area contributed by atoms with E-state index >= 15 is 0 Å². The normalized spacial score (nSPS) is 9.70. The Morgan fingerprint density at radius 3 is 2.30 bits per heavy atom. The van der Waals surface area contributed by atoms with Crippen LogP contribution in [-0.4, -0.2) is 5.97 Å². The lowest BCUT2D eigenvalue weighted by Gasteiger charge is -2.11. The molecule has 0 heterocycles. The lowest BCUT2D eigenvalue weighted by Crippen LogP contribution is -2.07. The molecule has 3 aromatic rings. The minimum absolute atomic E-state index is 0.156. The van der Waals surface area contributed by atoms with E-state index < -0.39 is 5.97 Å². The number of rotatable bonds is 5. The third kappa shape index (κ3) is 4.31. The largest absolute Gasteiger partial charge is 0.457 e. The van der Waals surface area contributed by atoms with Crippen LogP contribution in [0.3, 0.4) is 0 Å². The Balaban J connectivity index is 1.79. The van der Waals surface area contributed by atoms with Crippen molar-refractivity contribution in [3.8, 4) is 23.6 Å². The van der Waals surface area contributed by atoms with E-state index in [0.29, 0.717) is 11.5 Å². The summed E-state index contributed by atoms with van der Waals surface area (Å²) < 4.78 is 11.1. The molecule has 0 unspecified atom stereocenters. The van der Waals surface area contributed by atoms with Crippen molar-refractivity contribution >= 4 is 5.97 Å². The monoisotopic (exact) mass is 354 g/mol. The molecule has 0 aliphatic carbocycles. The molecular formula is C22H14N2O3. The zero-order valence-corrected chi connectivity index (χ0v) is 14.3. The van der Waals surface area contributed by atoms with Crippen LogP contribution in [0.25, 0.3) is 0 Å². The summed E-state index contributed by atoms with van der Waals surface area (Å²) in [5.74, 6) is 0.154. The third-order valence-corrected chi connectivity index (χ3v) is 3.78. The third-order valence-electron chi connectivity index (χ3n) is 3.78. The smallest absolute Gasteiger partial charge is 0.342 e. The van der Waals surface area contributed by atoms with Crippen LogP contribution in [0.15, 0.2) is 72.8 Å².